The van der Waals surface area contributed by atoms with Crippen molar-refractivity contribution in [3.8, 4) is 11.5 Å². The van der Waals surface area contributed by atoms with Crippen LogP contribution in [0.1, 0.15) is 24.1 Å². The zero-order chi connectivity index (χ0) is 14.8. The Labute approximate surface area is 121 Å². The first kappa shape index (κ1) is 13.3. The number of anilines is 1. The van der Waals surface area contributed by atoms with Crippen LogP contribution in [0.4, 0.5) is 5.82 Å². The molecule has 0 bridgehead atoms. The van der Waals surface area contributed by atoms with Gasteiger partial charge in [0.2, 0.25) is 11.8 Å². The van der Waals surface area contributed by atoms with Crippen LogP contribution in [-0.4, -0.2) is 25.2 Å². The van der Waals surface area contributed by atoms with Gasteiger partial charge in [-0.25, -0.2) is 4.68 Å². The molecule has 2 heterocycles. The Morgan fingerprint density at radius 2 is 1.90 bits per heavy atom. The van der Waals surface area contributed by atoms with Crippen molar-refractivity contribution in [2.24, 2.45) is 0 Å². The Morgan fingerprint density at radius 3 is 2.62 bits per heavy atom. The lowest BCUT2D eigenvalue weighted by atomic mass is 10.1. The summed E-state index contributed by atoms with van der Waals surface area (Å²) >= 11 is 0. The van der Waals surface area contributed by atoms with Crippen molar-refractivity contribution in [2.45, 2.75) is 26.8 Å². The molecule has 7 heteroatoms. The minimum atomic E-state index is 0.367. The standard InChI is InChI=1S/C14H16N6O/c1-3-11-13(15)17-19-20(11)8-12-16-18-14(21-12)10-6-4-9(2)5-7-10/h4-7H,3,8,15H2,1-2H3. The minimum Gasteiger partial charge on any atom is -0.419 e. The molecule has 0 saturated carbocycles. The summed E-state index contributed by atoms with van der Waals surface area (Å²) in [6, 6.07) is 7.92. The van der Waals surface area contributed by atoms with Crippen molar-refractivity contribution in [3.05, 3.63) is 41.4 Å². The van der Waals surface area contributed by atoms with Gasteiger partial charge in [0, 0.05) is 5.56 Å². The predicted octanol–water partition coefficient (Wildman–Crippen LogP) is 1.83. The summed E-state index contributed by atoms with van der Waals surface area (Å²) in [7, 11) is 0. The molecule has 3 aromatic rings. The molecule has 0 amide bonds. The number of nitrogens with two attached hydrogens (primary N) is 1. The summed E-state index contributed by atoms with van der Waals surface area (Å²) in [4.78, 5) is 0. The fraction of sp³-hybridized carbons (Fsp3) is 0.286. The lowest BCUT2D eigenvalue weighted by molar-refractivity contribution is 0.463. The van der Waals surface area contributed by atoms with E-state index < -0.39 is 0 Å². The van der Waals surface area contributed by atoms with E-state index in [1.54, 1.807) is 4.68 Å². The molecular weight excluding hydrogens is 268 g/mol. The van der Waals surface area contributed by atoms with E-state index in [-0.39, 0.29) is 0 Å². The Hall–Kier alpha value is -2.70. The summed E-state index contributed by atoms with van der Waals surface area (Å²) in [6.45, 7) is 4.40. The summed E-state index contributed by atoms with van der Waals surface area (Å²) in [6.07, 6.45) is 0.748. The van der Waals surface area contributed by atoms with Crippen LogP contribution in [0.25, 0.3) is 11.5 Å². The van der Waals surface area contributed by atoms with Crippen LogP contribution in [0.15, 0.2) is 28.7 Å². The first-order chi connectivity index (χ1) is 10.2. The normalized spacial score (nSPS) is 11.0. The Bertz CT molecular complexity index is 743. The van der Waals surface area contributed by atoms with Gasteiger partial charge in [-0.15, -0.1) is 15.3 Å². The molecule has 21 heavy (non-hydrogen) atoms. The maximum atomic E-state index is 5.75. The molecule has 0 aliphatic rings. The van der Waals surface area contributed by atoms with Crippen LogP contribution in [0.5, 0.6) is 0 Å². The number of aryl methyl sites for hydroxylation is 1. The van der Waals surface area contributed by atoms with Crippen molar-refractivity contribution in [3.63, 3.8) is 0 Å². The highest BCUT2D eigenvalue weighted by Gasteiger charge is 2.13. The van der Waals surface area contributed by atoms with E-state index in [0.717, 1.165) is 17.7 Å². The molecule has 0 radical (unpaired) electrons. The smallest absolute Gasteiger partial charge is 0.247 e. The molecule has 0 spiro atoms. The number of benzene rings is 1. The average Bonchev–Trinajstić information content (AvgIpc) is 3.07. The highest BCUT2D eigenvalue weighted by atomic mass is 16.4. The molecule has 2 aromatic heterocycles. The van der Waals surface area contributed by atoms with Gasteiger partial charge in [0.1, 0.15) is 6.54 Å². The predicted molar refractivity (Wildman–Crippen MR) is 77.4 cm³/mol. The minimum absolute atomic E-state index is 0.367. The van der Waals surface area contributed by atoms with E-state index in [2.05, 4.69) is 20.5 Å². The van der Waals surface area contributed by atoms with Gasteiger partial charge >= 0.3 is 0 Å². The Morgan fingerprint density at radius 1 is 1.14 bits per heavy atom. The quantitative estimate of drug-likeness (QED) is 0.785. The number of nitrogens with zero attached hydrogens (tertiary/aromatic N) is 5. The molecule has 1 aromatic carbocycles. The summed E-state index contributed by atoms with van der Waals surface area (Å²) < 4.78 is 7.35. The molecule has 108 valence electrons. The molecule has 0 atom stereocenters. The van der Waals surface area contributed by atoms with E-state index >= 15 is 0 Å². The van der Waals surface area contributed by atoms with Gasteiger partial charge in [0.05, 0.1) is 5.69 Å². The van der Waals surface area contributed by atoms with Gasteiger partial charge in [0.15, 0.2) is 5.82 Å². The van der Waals surface area contributed by atoms with Gasteiger partial charge < -0.3 is 10.2 Å². The topological polar surface area (TPSA) is 95.7 Å². The molecule has 0 aliphatic heterocycles. The first-order valence-corrected chi connectivity index (χ1v) is 6.74. The molecule has 0 unspecified atom stereocenters. The van der Waals surface area contributed by atoms with E-state index in [9.17, 15) is 0 Å². The summed E-state index contributed by atoms with van der Waals surface area (Å²) in [5, 5.41) is 16.0. The molecule has 0 saturated heterocycles. The second kappa shape index (κ2) is 5.35. The van der Waals surface area contributed by atoms with Crippen molar-refractivity contribution >= 4 is 5.82 Å². The number of hydrogen-bond donors (Lipinski definition) is 1. The van der Waals surface area contributed by atoms with Crippen molar-refractivity contribution in [2.75, 3.05) is 5.73 Å². The van der Waals surface area contributed by atoms with Gasteiger partial charge in [-0.1, -0.05) is 29.8 Å². The van der Waals surface area contributed by atoms with Crippen LogP contribution in [0, 0.1) is 6.92 Å². The van der Waals surface area contributed by atoms with Gasteiger partial charge in [-0.05, 0) is 25.5 Å². The monoisotopic (exact) mass is 284 g/mol. The zero-order valence-electron chi connectivity index (χ0n) is 11.9. The highest BCUT2D eigenvalue weighted by Crippen LogP contribution is 2.19. The number of aromatic nitrogens is 5. The van der Waals surface area contributed by atoms with Gasteiger partial charge in [0.25, 0.3) is 0 Å². The van der Waals surface area contributed by atoms with Crippen molar-refractivity contribution in [1.82, 2.24) is 25.2 Å². The van der Waals surface area contributed by atoms with Crippen LogP contribution < -0.4 is 5.73 Å². The second-order valence-corrected chi connectivity index (χ2v) is 4.80. The number of hydrogen-bond acceptors (Lipinski definition) is 6. The third-order valence-electron chi connectivity index (χ3n) is 3.25. The molecular formula is C14H16N6O. The van der Waals surface area contributed by atoms with E-state index in [0.29, 0.717) is 24.1 Å². The van der Waals surface area contributed by atoms with Gasteiger partial charge in [-0.3, -0.25) is 0 Å². The number of nitrogen functional groups attached to an aromatic ring is 1. The third kappa shape index (κ3) is 2.62. The second-order valence-electron chi connectivity index (χ2n) is 4.80. The maximum absolute atomic E-state index is 5.75. The molecule has 0 aliphatic carbocycles. The van der Waals surface area contributed by atoms with E-state index in [4.69, 9.17) is 10.2 Å². The average molecular weight is 284 g/mol. The fourth-order valence-corrected chi connectivity index (χ4v) is 2.10. The maximum Gasteiger partial charge on any atom is 0.247 e. The fourth-order valence-electron chi connectivity index (χ4n) is 2.10. The molecule has 7 nitrogen and oxygen atoms in total. The van der Waals surface area contributed by atoms with Crippen LogP contribution in [0.2, 0.25) is 0 Å². The third-order valence-corrected chi connectivity index (χ3v) is 3.25. The van der Waals surface area contributed by atoms with E-state index in [1.807, 2.05) is 38.1 Å². The van der Waals surface area contributed by atoms with Crippen LogP contribution >= 0.6 is 0 Å². The Kier molecular flexibility index (Phi) is 3.39. The van der Waals surface area contributed by atoms with Crippen LogP contribution in [0.3, 0.4) is 0 Å². The molecule has 0 fully saturated rings. The first-order valence-electron chi connectivity index (χ1n) is 6.74. The number of rotatable bonds is 4. The summed E-state index contributed by atoms with van der Waals surface area (Å²) in [5.41, 5.74) is 8.70. The SMILES string of the molecule is CCc1c(N)nnn1Cc1nnc(-c2ccc(C)cc2)o1. The Balaban J connectivity index is 1.83. The summed E-state index contributed by atoms with van der Waals surface area (Å²) in [5.74, 6) is 1.41. The molecule has 3 rings (SSSR count). The van der Waals surface area contributed by atoms with E-state index in [1.165, 1.54) is 5.56 Å². The van der Waals surface area contributed by atoms with Crippen molar-refractivity contribution in [1.29, 1.82) is 0 Å². The lowest BCUT2D eigenvalue weighted by Gasteiger charge is -2.00. The zero-order valence-corrected chi connectivity index (χ0v) is 11.9. The van der Waals surface area contributed by atoms with Crippen molar-refractivity contribution < 1.29 is 4.42 Å². The molecule has 2 N–H and O–H groups in total. The largest absolute Gasteiger partial charge is 0.419 e. The lowest BCUT2D eigenvalue weighted by Crippen LogP contribution is -2.07. The van der Waals surface area contributed by atoms with Crippen LogP contribution in [-0.2, 0) is 13.0 Å². The highest BCUT2D eigenvalue weighted by molar-refractivity contribution is 5.52. The van der Waals surface area contributed by atoms with Gasteiger partial charge in [-0.2, -0.15) is 0 Å².